The van der Waals surface area contributed by atoms with Crippen LogP contribution in [0.2, 0.25) is 0 Å². The monoisotopic (exact) mass is 291 g/mol. The van der Waals surface area contributed by atoms with Crippen LogP contribution in [0.1, 0.15) is 12.5 Å². The van der Waals surface area contributed by atoms with E-state index in [-0.39, 0.29) is 23.7 Å². The lowest BCUT2D eigenvalue weighted by Crippen LogP contribution is -2.34. The number of hydrogen-bond acceptors (Lipinski definition) is 3. The number of carboxylic acids is 1. The number of nitriles is 1. The van der Waals surface area contributed by atoms with Crippen molar-refractivity contribution in [2.75, 3.05) is 18.4 Å². The zero-order chi connectivity index (χ0) is 15.6. The highest BCUT2D eigenvalue weighted by Gasteiger charge is 2.37. The molecular weight excluding hydrogens is 277 g/mol. The predicted molar refractivity (Wildman–Crippen MR) is 72.0 cm³/mol. The van der Waals surface area contributed by atoms with Gasteiger partial charge in [0, 0.05) is 13.1 Å². The van der Waals surface area contributed by atoms with Crippen molar-refractivity contribution in [3.8, 4) is 6.07 Å². The lowest BCUT2D eigenvalue weighted by molar-refractivity contribution is -0.142. The Labute approximate surface area is 120 Å². The number of halogens is 1. The van der Waals surface area contributed by atoms with Gasteiger partial charge < -0.3 is 15.3 Å². The molecule has 0 aromatic heterocycles. The molecule has 0 saturated carbocycles. The summed E-state index contributed by atoms with van der Waals surface area (Å²) in [6.07, 6.45) is 0. The molecule has 1 aliphatic heterocycles. The van der Waals surface area contributed by atoms with Crippen LogP contribution in [-0.2, 0) is 4.79 Å². The first-order valence-electron chi connectivity index (χ1n) is 6.41. The van der Waals surface area contributed by atoms with Gasteiger partial charge in [-0.1, -0.05) is 13.0 Å². The third-order valence-corrected chi connectivity index (χ3v) is 3.58. The second-order valence-electron chi connectivity index (χ2n) is 5.03. The van der Waals surface area contributed by atoms with Gasteiger partial charge in [0.05, 0.1) is 11.6 Å². The number of benzene rings is 1. The molecule has 0 aliphatic carbocycles. The Hall–Kier alpha value is -2.62. The molecule has 1 aliphatic rings. The highest BCUT2D eigenvalue weighted by molar-refractivity contribution is 5.91. The SMILES string of the molecule is C[C@@H]1CN(C(=O)Nc2cccc(F)c2C#N)C[C@H]1C(=O)O. The maximum absolute atomic E-state index is 13.4. The van der Waals surface area contributed by atoms with E-state index in [1.807, 2.05) is 0 Å². The van der Waals surface area contributed by atoms with Crippen LogP contribution in [0.25, 0.3) is 0 Å². The van der Waals surface area contributed by atoms with Crippen LogP contribution in [0.5, 0.6) is 0 Å². The average Bonchev–Trinajstić information content (AvgIpc) is 2.81. The minimum atomic E-state index is -0.943. The fourth-order valence-corrected chi connectivity index (χ4v) is 2.39. The molecule has 6 nitrogen and oxygen atoms in total. The predicted octanol–water partition coefficient (Wildman–Crippen LogP) is 1.88. The van der Waals surface area contributed by atoms with Crippen molar-refractivity contribution in [3.05, 3.63) is 29.6 Å². The van der Waals surface area contributed by atoms with Crippen molar-refractivity contribution >= 4 is 17.7 Å². The first-order valence-corrected chi connectivity index (χ1v) is 6.41. The summed E-state index contributed by atoms with van der Waals surface area (Å²) < 4.78 is 13.4. The van der Waals surface area contributed by atoms with Gasteiger partial charge in [0.25, 0.3) is 0 Å². The average molecular weight is 291 g/mol. The van der Waals surface area contributed by atoms with Gasteiger partial charge in [0.15, 0.2) is 0 Å². The molecule has 0 spiro atoms. The van der Waals surface area contributed by atoms with Crippen molar-refractivity contribution in [3.63, 3.8) is 0 Å². The first-order chi connectivity index (χ1) is 9.93. The van der Waals surface area contributed by atoms with Gasteiger partial charge in [-0.15, -0.1) is 0 Å². The van der Waals surface area contributed by atoms with Crippen molar-refractivity contribution in [1.82, 2.24) is 4.90 Å². The van der Waals surface area contributed by atoms with Gasteiger partial charge >= 0.3 is 12.0 Å². The van der Waals surface area contributed by atoms with Crippen LogP contribution in [0.4, 0.5) is 14.9 Å². The second-order valence-corrected chi connectivity index (χ2v) is 5.03. The van der Waals surface area contributed by atoms with Gasteiger partial charge in [-0.2, -0.15) is 5.26 Å². The van der Waals surface area contributed by atoms with Crippen LogP contribution < -0.4 is 5.32 Å². The van der Waals surface area contributed by atoms with E-state index in [1.165, 1.54) is 17.0 Å². The Morgan fingerprint density at radius 2 is 2.19 bits per heavy atom. The van der Waals surface area contributed by atoms with Crippen molar-refractivity contribution in [1.29, 1.82) is 5.26 Å². The van der Waals surface area contributed by atoms with Crippen molar-refractivity contribution < 1.29 is 19.1 Å². The molecule has 1 saturated heterocycles. The number of hydrogen-bond donors (Lipinski definition) is 2. The Morgan fingerprint density at radius 1 is 1.48 bits per heavy atom. The van der Waals surface area contributed by atoms with Gasteiger partial charge in [-0.05, 0) is 18.1 Å². The minimum absolute atomic E-state index is 0.0777. The van der Waals surface area contributed by atoms with Crippen molar-refractivity contribution in [2.24, 2.45) is 11.8 Å². The lowest BCUT2D eigenvalue weighted by atomic mass is 9.99. The zero-order valence-corrected chi connectivity index (χ0v) is 11.3. The summed E-state index contributed by atoms with van der Waals surface area (Å²) in [5.74, 6) is -2.43. The maximum Gasteiger partial charge on any atom is 0.321 e. The number of amides is 2. The largest absolute Gasteiger partial charge is 0.481 e. The Morgan fingerprint density at radius 3 is 2.76 bits per heavy atom. The molecule has 1 aromatic carbocycles. The number of anilines is 1. The number of likely N-dealkylation sites (tertiary alicyclic amines) is 1. The van der Waals surface area contributed by atoms with Crippen molar-refractivity contribution in [2.45, 2.75) is 6.92 Å². The minimum Gasteiger partial charge on any atom is -0.481 e. The summed E-state index contributed by atoms with van der Waals surface area (Å²) in [7, 11) is 0. The molecule has 2 amide bonds. The molecule has 1 fully saturated rings. The van der Waals surface area contributed by atoms with Gasteiger partial charge in [0.2, 0.25) is 0 Å². The molecule has 2 rings (SSSR count). The smallest absolute Gasteiger partial charge is 0.321 e. The van der Waals surface area contributed by atoms with Gasteiger partial charge in [-0.25, -0.2) is 9.18 Å². The number of carbonyl (C=O) groups is 2. The summed E-state index contributed by atoms with van der Waals surface area (Å²) in [6, 6.07) is 5.10. The Kier molecular flexibility index (Phi) is 4.08. The Balaban J connectivity index is 2.12. The van der Waals surface area contributed by atoms with E-state index in [9.17, 15) is 14.0 Å². The van der Waals surface area contributed by atoms with Crippen LogP contribution >= 0.6 is 0 Å². The summed E-state index contributed by atoms with van der Waals surface area (Å²) >= 11 is 0. The molecule has 21 heavy (non-hydrogen) atoms. The molecule has 0 bridgehead atoms. The lowest BCUT2D eigenvalue weighted by Gasteiger charge is -2.17. The fraction of sp³-hybridized carbons (Fsp3) is 0.357. The number of carbonyl (C=O) groups excluding carboxylic acids is 1. The van der Waals surface area contributed by atoms with E-state index < -0.39 is 23.7 Å². The standard InChI is InChI=1S/C14H14FN3O3/c1-8-6-18(7-10(8)13(19)20)14(21)17-12-4-2-3-11(15)9(12)5-16/h2-4,8,10H,6-7H2,1H3,(H,17,21)(H,19,20)/t8-,10-/m1/s1. The van der Waals surface area contributed by atoms with E-state index in [0.717, 1.165) is 6.07 Å². The van der Waals surface area contributed by atoms with E-state index in [2.05, 4.69) is 5.32 Å². The van der Waals surface area contributed by atoms with Gasteiger partial charge in [-0.3, -0.25) is 4.79 Å². The molecule has 1 heterocycles. The van der Waals surface area contributed by atoms with E-state index in [1.54, 1.807) is 13.0 Å². The van der Waals surface area contributed by atoms with Crippen LogP contribution in [0.3, 0.4) is 0 Å². The van der Waals surface area contributed by atoms with E-state index in [4.69, 9.17) is 10.4 Å². The van der Waals surface area contributed by atoms with Crippen LogP contribution in [-0.4, -0.2) is 35.1 Å². The third-order valence-electron chi connectivity index (χ3n) is 3.58. The van der Waals surface area contributed by atoms with Crippen LogP contribution in [0.15, 0.2) is 18.2 Å². The molecule has 0 radical (unpaired) electrons. The second kappa shape index (κ2) is 5.79. The summed E-state index contributed by atoms with van der Waals surface area (Å²) in [5.41, 5.74) is -0.165. The summed E-state index contributed by atoms with van der Waals surface area (Å²) in [6.45, 7) is 2.16. The fourth-order valence-electron chi connectivity index (χ4n) is 2.39. The van der Waals surface area contributed by atoms with Crippen LogP contribution in [0, 0.1) is 29.0 Å². The highest BCUT2D eigenvalue weighted by Crippen LogP contribution is 2.25. The molecular formula is C14H14FN3O3. The number of urea groups is 1. The highest BCUT2D eigenvalue weighted by atomic mass is 19.1. The third kappa shape index (κ3) is 2.94. The number of carboxylic acid groups (broad SMARTS) is 1. The van der Waals surface area contributed by atoms with Gasteiger partial charge in [0.1, 0.15) is 17.4 Å². The Bertz CT molecular complexity index is 626. The summed E-state index contributed by atoms with van der Waals surface area (Å²) in [4.78, 5) is 24.5. The molecule has 0 unspecified atom stereocenters. The molecule has 2 N–H and O–H groups in total. The molecule has 110 valence electrons. The number of aliphatic carboxylic acids is 1. The summed E-state index contributed by atoms with van der Waals surface area (Å²) in [5, 5.41) is 20.4. The molecule has 7 heteroatoms. The van der Waals surface area contributed by atoms with E-state index in [0.29, 0.717) is 6.54 Å². The maximum atomic E-state index is 13.4. The van der Waals surface area contributed by atoms with E-state index >= 15 is 0 Å². The zero-order valence-electron chi connectivity index (χ0n) is 11.3. The quantitative estimate of drug-likeness (QED) is 0.870. The topological polar surface area (TPSA) is 93.4 Å². The number of nitrogens with zero attached hydrogens (tertiary/aromatic N) is 2. The normalized spacial score (nSPS) is 20.9. The molecule has 1 aromatic rings. The first kappa shape index (κ1) is 14.8. The molecule has 2 atom stereocenters. The number of nitrogens with one attached hydrogen (secondary N) is 1. The number of rotatable bonds is 2.